The van der Waals surface area contributed by atoms with Crippen molar-refractivity contribution in [2.24, 2.45) is 20.5 Å². The maximum absolute atomic E-state index is 12.1. The zero-order valence-electron chi connectivity index (χ0n) is 18.2. The Morgan fingerprint density at radius 1 is 0.667 bits per heavy atom. The van der Waals surface area contributed by atoms with E-state index in [1.54, 1.807) is 60.7 Å². The van der Waals surface area contributed by atoms with E-state index < -0.39 is 42.2 Å². The van der Waals surface area contributed by atoms with Crippen LogP contribution in [0.2, 0.25) is 0 Å². The fraction of sp³-hybridized carbons (Fsp3) is 0. The number of hydrogen-bond donors (Lipinski definition) is 6. The predicted octanol–water partition coefficient (Wildman–Crippen LogP) is 6.79. The maximum atomic E-state index is 12.1. The summed E-state index contributed by atoms with van der Waals surface area (Å²) in [6, 6.07) is 18.4. The molecule has 0 aliphatic heterocycles. The van der Waals surface area contributed by atoms with Gasteiger partial charge in [0, 0.05) is 0 Å². The minimum absolute atomic E-state index is 0.168. The number of phenols is 1. The van der Waals surface area contributed by atoms with Crippen LogP contribution in [-0.2, 0) is 10.1 Å². The van der Waals surface area contributed by atoms with Crippen LogP contribution in [0.1, 0.15) is 0 Å². The molecule has 0 heterocycles. The van der Waals surface area contributed by atoms with Crippen LogP contribution in [0.25, 0.3) is 10.8 Å². The molecule has 0 amide bonds. The average Bonchev–Trinajstić information content (AvgIpc) is 2.82. The topological polar surface area (TPSA) is 211 Å². The Labute approximate surface area is 206 Å². The number of phenolic OH excluding ortho intramolecular Hbond substituents is 1. The average molecular weight is 530 g/mol. The summed E-state index contributed by atoms with van der Waals surface area (Å²) in [4.78, 5) is -1.41. The molecule has 4 rings (SSSR count). The lowest BCUT2D eigenvalue weighted by Crippen LogP contribution is -2.02. The third kappa shape index (κ3) is 5.18. The Morgan fingerprint density at radius 2 is 1.14 bits per heavy atom. The first kappa shape index (κ1) is 25.2. The number of azo groups is 2. The second kappa shape index (κ2) is 9.62. The van der Waals surface area contributed by atoms with Gasteiger partial charge in [-0.05, 0) is 41.8 Å². The van der Waals surface area contributed by atoms with Gasteiger partial charge in [-0.2, -0.15) is 18.6 Å². The molecule has 12 nitrogen and oxygen atoms in total. The van der Waals surface area contributed by atoms with E-state index >= 15 is 0 Å². The summed E-state index contributed by atoms with van der Waals surface area (Å²) in [5.74, 6) is -0.783. The van der Waals surface area contributed by atoms with Crippen molar-refractivity contribution in [2.75, 3.05) is 5.73 Å². The highest BCUT2D eigenvalue weighted by atomic mass is 32.3. The van der Waals surface area contributed by atoms with Crippen LogP contribution in [0.4, 0.5) is 28.4 Å². The van der Waals surface area contributed by atoms with Crippen molar-refractivity contribution >= 4 is 60.2 Å². The van der Waals surface area contributed by atoms with Gasteiger partial charge in [0.25, 0.3) is 10.1 Å². The zero-order valence-corrected chi connectivity index (χ0v) is 19.8. The number of hydrogen-bond acceptors (Lipinski definition) is 11. The fourth-order valence-corrected chi connectivity index (χ4v) is 4.67. The standard InChI is InChI=1S/C22H19N5O7S2/c23-19-18-13(11-16(35(29,30)31)20(19)26-24-14-7-3-1-4-8-14)12-17(36(32,33)34)21(22(18)28)27-25-15-9-5-2-6-10-15/h1-12,28-31H,23H2,(H,32,33,34). The number of nitrogens with zero attached hydrogens (tertiary/aromatic N) is 4. The second-order valence-corrected chi connectivity index (χ2v) is 10.2. The molecule has 0 bridgehead atoms. The molecule has 0 radical (unpaired) electrons. The van der Waals surface area contributed by atoms with Gasteiger partial charge >= 0.3 is 0 Å². The van der Waals surface area contributed by atoms with E-state index in [9.17, 15) is 31.7 Å². The predicted molar refractivity (Wildman–Crippen MR) is 135 cm³/mol. The summed E-state index contributed by atoms with van der Waals surface area (Å²) in [5.41, 5.74) is 5.54. The highest BCUT2D eigenvalue weighted by molar-refractivity contribution is 8.19. The first-order valence-electron chi connectivity index (χ1n) is 10.0. The highest BCUT2D eigenvalue weighted by Gasteiger charge is 2.29. The number of fused-ring (bicyclic) bond motifs is 1. The molecule has 186 valence electrons. The van der Waals surface area contributed by atoms with Crippen molar-refractivity contribution in [1.82, 2.24) is 0 Å². The minimum Gasteiger partial charge on any atom is -0.505 e. The molecule has 0 aliphatic carbocycles. The third-order valence-corrected chi connectivity index (χ3v) is 6.70. The molecule has 7 N–H and O–H groups in total. The van der Waals surface area contributed by atoms with Gasteiger partial charge in [-0.1, -0.05) is 36.4 Å². The van der Waals surface area contributed by atoms with E-state index in [1.165, 1.54) is 0 Å². The molecule has 0 fully saturated rings. The Kier molecular flexibility index (Phi) is 6.73. The lowest BCUT2D eigenvalue weighted by molar-refractivity contribution is 0.376. The van der Waals surface area contributed by atoms with Crippen LogP contribution in [0.15, 0.2) is 103 Å². The van der Waals surface area contributed by atoms with Gasteiger partial charge in [-0.3, -0.25) is 4.55 Å². The third-order valence-electron chi connectivity index (χ3n) is 4.93. The fourth-order valence-electron chi connectivity index (χ4n) is 3.32. The number of aromatic hydroxyl groups is 1. The summed E-state index contributed by atoms with van der Waals surface area (Å²) >= 11 is 0. The van der Waals surface area contributed by atoms with Gasteiger partial charge in [0.05, 0.1) is 27.3 Å². The van der Waals surface area contributed by atoms with E-state index in [0.717, 1.165) is 12.1 Å². The Bertz CT molecular complexity index is 1610. The minimum atomic E-state index is -4.95. The SMILES string of the molecule is Nc1c(N=Nc2ccccc2)c(S(O)(O)O)cc2cc(S(=O)(=O)O)c(N=Nc3ccccc3)c(O)c12. The normalized spacial score (nSPS) is 13.1. The smallest absolute Gasteiger partial charge is 0.296 e. The van der Waals surface area contributed by atoms with E-state index in [-0.39, 0.29) is 22.1 Å². The quantitative estimate of drug-likeness (QED) is 0.0886. The number of anilines is 1. The Morgan fingerprint density at radius 3 is 1.61 bits per heavy atom. The monoisotopic (exact) mass is 529 g/mol. The molecule has 0 aromatic heterocycles. The van der Waals surface area contributed by atoms with E-state index in [1.807, 2.05) is 0 Å². The molecular formula is C22H19N5O7S2. The molecule has 36 heavy (non-hydrogen) atoms. The summed E-state index contributed by atoms with van der Waals surface area (Å²) < 4.78 is 63.9. The van der Waals surface area contributed by atoms with Crippen LogP contribution in [0.5, 0.6) is 5.75 Å². The number of benzene rings is 4. The Balaban J connectivity index is 2.02. The second-order valence-electron chi connectivity index (χ2n) is 7.37. The van der Waals surface area contributed by atoms with Crippen LogP contribution in [-0.4, -0.2) is 31.7 Å². The first-order chi connectivity index (χ1) is 17.0. The van der Waals surface area contributed by atoms with E-state index in [2.05, 4.69) is 20.5 Å². The van der Waals surface area contributed by atoms with E-state index in [0.29, 0.717) is 11.4 Å². The van der Waals surface area contributed by atoms with Gasteiger partial charge in [0.1, 0.15) is 27.1 Å². The molecule has 14 heteroatoms. The summed E-state index contributed by atoms with van der Waals surface area (Å²) in [7, 11) is -9.39. The van der Waals surface area contributed by atoms with Gasteiger partial charge in [0.2, 0.25) is 0 Å². The Hall–Kier alpha value is -3.92. The van der Waals surface area contributed by atoms with Gasteiger partial charge in [-0.25, -0.2) is 0 Å². The lowest BCUT2D eigenvalue weighted by Gasteiger charge is -2.23. The summed E-state index contributed by atoms with van der Waals surface area (Å²) in [6.07, 6.45) is 0. The van der Waals surface area contributed by atoms with E-state index in [4.69, 9.17) is 5.73 Å². The molecule has 4 aromatic carbocycles. The van der Waals surface area contributed by atoms with Crippen molar-refractivity contribution in [3.63, 3.8) is 0 Å². The highest BCUT2D eigenvalue weighted by Crippen LogP contribution is 2.55. The molecule has 0 saturated carbocycles. The molecular weight excluding hydrogens is 510 g/mol. The van der Waals surface area contributed by atoms with Crippen LogP contribution in [0, 0.1) is 0 Å². The van der Waals surface area contributed by atoms with Crippen molar-refractivity contribution in [3.8, 4) is 5.75 Å². The lowest BCUT2D eigenvalue weighted by atomic mass is 10.1. The molecule has 0 atom stereocenters. The van der Waals surface area contributed by atoms with Gasteiger partial charge in [0.15, 0.2) is 5.75 Å². The number of nitrogen functional groups attached to an aromatic ring is 1. The largest absolute Gasteiger partial charge is 0.505 e. The van der Waals surface area contributed by atoms with Gasteiger partial charge < -0.3 is 24.5 Å². The van der Waals surface area contributed by atoms with Crippen LogP contribution >= 0.6 is 10.9 Å². The molecule has 4 aromatic rings. The van der Waals surface area contributed by atoms with Crippen molar-refractivity contribution in [3.05, 3.63) is 72.8 Å². The summed E-state index contributed by atoms with van der Waals surface area (Å²) in [5, 5.41) is 26.2. The number of nitrogens with two attached hydrogens (primary N) is 1. The van der Waals surface area contributed by atoms with Gasteiger partial charge in [-0.15, -0.1) is 10.2 Å². The maximum Gasteiger partial charge on any atom is 0.296 e. The van der Waals surface area contributed by atoms with Crippen molar-refractivity contribution in [2.45, 2.75) is 9.79 Å². The first-order valence-corrected chi connectivity index (χ1v) is 12.9. The van der Waals surface area contributed by atoms with Crippen LogP contribution in [0.3, 0.4) is 0 Å². The molecule has 0 unspecified atom stereocenters. The van der Waals surface area contributed by atoms with Crippen LogP contribution < -0.4 is 5.73 Å². The molecule has 0 saturated heterocycles. The van der Waals surface area contributed by atoms with Crippen molar-refractivity contribution < 1.29 is 31.7 Å². The summed E-state index contributed by atoms with van der Waals surface area (Å²) in [6.45, 7) is 0. The zero-order chi connectivity index (χ0) is 26.1. The van der Waals surface area contributed by atoms with Crippen molar-refractivity contribution in [1.29, 1.82) is 0 Å². The molecule has 0 spiro atoms. The molecule has 0 aliphatic rings. The number of rotatable bonds is 6.